The lowest BCUT2D eigenvalue weighted by atomic mass is 10.2. The molecule has 1 heterocycles. The molecule has 0 saturated carbocycles. The van der Waals surface area contributed by atoms with Crippen LogP contribution in [-0.2, 0) is 4.79 Å². The fourth-order valence-electron chi connectivity index (χ4n) is 1.07. The van der Waals surface area contributed by atoms with Crippen LogP contribution in [0.15, 0.2) is 0 Å². The van der Waals surface area contributed by atoms with Gasteiger partial charge in [-0.05, 0) is 12.8 Å². The van der Waals surface area contributed by atoms with Crippen LogP contribution >= 0.6 is 0 Å². The maximum absolute atomic E-state index is 10.8. The van der Waals surface area contributed by atoms with E-state index in [1.165, 1.54) is 6.42 Å². The van der Waals surface area contributed by atoms with Gasteiger partial charge in [-0.3, -0.25) is 9.80 Å². The maximum Gasteiger partial charge on any atom is 0.234 e. The molecular formula is C7H13N2O. The Morgan fingerprint density at radius 2 is 2.20 bits per heavy atom. The van der Waals surface area contributed by atoms with Crippen molar-refractivity contribution in [1.82, 2.24) is 10.4 Å². The Morgan fingerprint density at radius 1 is 1.40 bits per heavy atom. The van der Waals surface area contributed by atoms with Crippen LogP contribution in [0.3, 0.4) is 0 Å². The molecule has 0 aromatic rings. The first-order chi connectivity index (χ1) is 4.80. The van der Waals surface area contributed by atoms with E-state index in [1.807, 2.05) is 0 Å². The van der Waals surface area contributed by atoms with Gasteiger partial charge in [-0.2, -0.15) is 0 Å². The van der Waals surface area contributed by atoms with Gasteiger partial charge in [0.2, 0.25) is 5.91 Å². The van der Waals surface area contributed by atoms with Crippen molar-refractivity contribution in [3.05, 3.63) is 0 Å². The zero-order chi connectivity index (χ0) is 7.40. The molecule has 10 heavy (non-hydrogen) atoms. The van der Waals surface area contributed by atoms with E-state index < -0.39 is 0 Å². The molecule has 3 nitrogen and oxygen atoms in total. The molecule has 0 unspecified atom stereocenters. The summed E-state index contributed by atoms with van der Waals surface area (Å²) in [5.41, 5.74) is 4.11. The lowest BCUT2D eigenvalue weighted by Gasteiger charge is -2.15. The SMILES string of the molecule is CC(=O)N1CCCCC[N]1. The quantitative estimate of drug-likeness (QED) is 0.484. The molecule has 1 radical (unpaired) electrons. The second-order valence-electron chi connectivity index (χ2n) is 2.57. The largest absolute Gasteiger partial charge is 0.274 e. The summed E-state index contributed by atoms with van der Waals surface area (Å²) in [6, 6.07) is 0. The van der Waals surface area contributed by atoms with Gasteiger partial charge >= 0.3 is 0 Å². The summed E-state index contributed by atoms with van der Waals surface area (Å²) >= 11 is 0. The fourth-order valence-corrected chi connectivity index (χ4v) is 1.07. The molecule has 1 aliphatic rings. The Balaban J connectivity index is 2.35. The van der Waals surface area contributed by atoms with Gasteiger partial charge in [0.15, 0.2) is 0 Å². The Bertz CT molecular complexity index is 117. The lowest BCUT2D eigenvalue weighted by Crippen LogP contribution is -2.35. The highest BCUT2D eigenvalue weighted by Gasteiger charge is 2.11. The molecule has 0 aromatic heterocycles. The van der Waals surface area contributed by atoms with Gasteiger partial charge in [0.1, 0.15) is 0 Å². The van der Waals surface area contributed by atoms with Crippen LogP contribution in [-0.4, -0.2) is 24.0 Å². The van der Waals surface area contributed by atoms with Crippen LogP contribution in [0.2, 0.25) is 0 Å². The summed E-state index contributed by atoms with van der Waals surface area (Å²) in [5.74, 6) is 0.0712. The lowest BCUT2D eigenvalue weighted by molar-refractivity contribution is -0.132. The van der Waals surface area contributed by atoms with Crippen LogP contribution in [0.1, 0.15) is 26.2 Å². The smallest absolute Gasteiger partial charge is 0.234 e. The monoisotopic (exact) mass is 141 g/mol. The highest BCUT2D eigenvalue weighted by atomic mass is 16.2. The van der Waals surface area contributed by atoms with Gasteiger partial charge in [0.05, 0.1) is 0 Å². The minimum Gasteiger partial charge on any atom is -0.274 e. The van der Waals surface area contributed by atoms with E-state index in [2.05, 4.69) is 5.43 Å². The van der Waals surface area contributed by atoms with Crippen molar-refractivity contribution >= 4 is 5.91 Å². The Hall–Kier alpha value is -0.570. The van der Waals surface area contributed by atoms with Crippen molar-refractivity contribution in [2.45, 2.75) is 26.2 Å². The zero-order valence-electron chi connectivity index (χ0n) is 6.34. The van der Waals surface area contributed by atoms with Crippen molar-refractivity contribution in [3.63, 3.8) is 0 Å². The number of amides is 1. The van der Waals surface area contributed by atoms with Crippen molar-refractivity contribution in [3.8, 4) is 0 Å². The highest BCUT2D eigenvalue weighted by molar-refractivity contribution is 5.72. The van der Waals surface area contributed by atoms with Gasteiger partial charge in [0.25, 0.3) is 0 Å². The molecular weight excluding hydrogens is 128 g/mol. The molecule has 0 spiro atoms. The molecule has 0 atom stereocenters. The van der Waals surface area contributed by atoms with E-state index in [9.17, 15) is 4.79 Å². The van der Waals surface area contributed by atoms with Crippen molar-refractivity contribution in [2.75, 3.05) is 13.1 Å². The average molecular weight is 141 g/mol. The molecule has 1 fully saturated rings. The summed E-state index contributed by atoms with van der Waals surface area (Å²) in [7, 11) is 0. The van der Waals surface area contributed by atoms with Gasteiger partial charge < -0.3 is 0 Å². The molecule has 1 saturated heterocycles. The summed E-state index contributed by atoms with van der Waals surface area (Å²) in [4.78, 5) is 10.8. The maximum atomic E-state index is 10.8. The van der Waals surface area contributed by atoms with Gasteiger partial charge in [-0.25, -0.2) is 0 Å². The first kappa shape index (κ1) is 7.54. The molecule has 0 N–H and O–H groups in total. The number of nitrogens with zero attached hydrogens (tertiary/aromatic N) is 2. The van der Waals surface area contributed by atoms with E-state index >= 15 is 0 Å². The Morgan fingerprint density at radius 3 is 2.90 bits per heavy atom. The third-order valence-corrected chi connectivity index (χ3v) is 1.66. The number of carbonyl (C=O) groups excluding carboxylic acids is 1. The number of carbonyl (C=O) groups is 1. The van der Waals surface area contributed by atoms with Crippen LogP contribution < -0.4 is 5.43 Å². The minimum atomic E-state index is 0.0712. The molecule has 0 aliphatic carbocycles. The topological polar surface area (TPSA) is 34.4 Å². The van der Waals surface area contributed by atoms with E-state index in [0.29, 0.717) is 0 Å². The van der Waals surface area contributed by atoms with Crippen LogP contribution in [0, 0.1) is 0 Å². The fraction of sp³-hybridized carbons (Fsp3) is 0.857. The summed E-state index contributed by atoms with van der Waals surface area (Å²) < 4.78 is 0. The molecule has 0 aromatic carbocycles. The molecule has 0 bridgehead atoms. The number of hydrogen-bond acceptors (Lipinski definition) is 1. The second kappa shape index (κ2) is 3.56. The van der Waals surface area contributed by atoms with E-state index in [1.54, 1.807) is 11.9 Å². The zero-order valence-corrected chi connectivity index (χ0v) is 6.34. The number of hydrogen-bond donors (Lipinski definition) is 0. The Kier molecular flexibility index (Phi) is 2.68. The molecule has 1 rings (SSSR count). The van der Waals surface area contributed by atoms with Crippen molar-refractivity contribution < 1.29 is 4.79 Å². The third-order valence-electron chi connectivity index (χ3n) is 1.66. The summed E-state index contributed by atoms with van der Waals surface area (Å²) in [5, 5.41) is 1.58. The Labute approximate surface area is 61.4 Å². The number of rotatable bonds is 0. The molecule has 1 amide bonds. The van der Waals surface area contributed by atoms with Gasteiger partial charge in [-0.15, -0.1) is 5.43 Å². The van der Waals surface area contributed by atoms with E-state index in [-0.39, 0.29) is 5.91 Å². The summed E-state index contributed by atoms with van der Waals surface area (Å²) in [6.45, 7) is 3.20. The first-order valence-corrected chi connectivity index (χ1v) is 3.76. The van der Waals surface area contributed by atoms with Crippen molar-refractivity contribution in [1.29, 1.82) is 0 Å². The van der Waals surface area contributed by atoms with Crippen molar-refractivity contribution in [2.24, 2.45) is 0 Å². The van der Waals surface area contributed by atoms with E-state index in [0.717, 1.165) is 25.9 Å². The second-order valence-corrected chi connectivity index (χ2v) is 2.57. The average Bonchev–Trinajstić information content (AvgIpc) is 2.12. The first-order valence-electron chi connectivity index (χ1n) is 3.76. The van der Waals surface area contributed by atoms with Crippen LogP contribution in [0.25, 0.3) is 0 Å². The standard InChI is InChI=1S/C7H13N2O/c1-7(10)9-6-4-2-3-5-8-9/h2-6H2,1H3. The predicted octanol–water partition coefficient (Wildman–Crippen LogP) is 0.538. The minimum absolute atomic E-state index is 0.0712. The molecule has 3 heteroatoms. The van der Waals surface area contributed by atoms with Crippen LogP contribution in [0.4, 0.5) is 0 Å². The molecule has 57 valence electrons. The third kappa shape index (κ3) is 1.99. The predicted molar refractivity (Wildman–Crippen MR) is 38.2 cm³/mol. The summed E-state index contributed by atoms with van der Waals surface area (Å²) in [6.07, 6.45) is 3.43. The van der Waals surface area contributed by atoms with E-state index in [4.69, 9.17) is 0 Å². The highest BCUT2D eigenvalue weighted by Crippen LogP contribution is 2.02. The molecule has 1 aliphatic heterocycles. The van der Waals surface area contributed by atoms with Crippen LogP contribution in [0.5, 0.6) is 0 Å². The van der Waals surface area contributed by atoms with Gasteiger partial charge in [-0.1, -0.05) is 6.42 Å². The normalized spacial score (nSPS) is 20.3. The van der Waals surface area contributed by atoms with Gasteiger partial charge in [0, 0.05) is 20.0 Å².